The highest BCUT2D eigenvalue weighted by Gasteiger charge is 2.19. The van der Waals surface area contributed by atoms with Crippen molar-refractivity contribution in [3.63, 3.8) is 0 Å². The van der Waals surface area contributed by atoms with Gasteiger partial charge in [-0.05, 0) is 29.7 Å². The van der Waals surface area contributed by atoms with E-state index in [0.717, 1.165) is 4.31 Å². The molecule has 0 aliphatic rings. The average Bonchev–Trinajstić information content (AvgIpc) is 2.65. The third-order valence-corrected chi connectivity index (χ3v) is 6.01. The van der Waals surface area contributed by atoms with Crippen LogP contribution in [-0.4, -0.2) is 37.5 Å². The van der Waals surface area contributed by atoms with Crippen molar-refractivity contribution in [1.29, 1.82) is 0 Å². The van der Waals surface area contributed by atoms with Crippen molar-refractivity contribution < 1.29 is 18.1 Å². The first-order valence-electron chi connectivity index (χ1n) is 8.57. The molecule has 0 bridgehead atoms. The first-order valence-corrected chi connectivity index (χ1v) is 10.0. The molecule has 0 radical (unpaired) electrons. The van der Waals surface area contributed by atoms with Gasteiger partial charge in [0.05, 0.1) is 9.82 Å². The van der Waals surface area contributed by atoms with Crippen LogP contribution in [0.1, 0.15) is 41.3 Å². The van der Waals surface area contributed by atoms with Crippen molar-refractivity contribution in [3.05, 3.63) is 75.3 Å². The second kappa shape index (κ2) is 8.45. The van der Waals surface area contributed by atoms with Gasteiger partial charge >= 0.3 is 0 Å². The molecule has 0 atom stereocenters. The largest absolute Gasteiger partial charge is 0.289 e. The van der Waals surface area contributed by atoms with Crippen LogP contribution in [0.3, 0.4) is 0 Å². The van der Waals surface area contributed by atoms with Gasteiger partial charge < -0.3 is 0 Å². The predicted molar refractivity (Wildman–Crippen MR) is 108 cm³/mol. The van der Waals surface area contributed by atoms with Gasteiger partial charge in [-0.2, -0.15) is 0 Å². The Morgan fingerprint density at radius 2 is 1.82 bits per heavy atom. The summed E-state index contributed by atoms with van der Waals surface area (Å²) < 4.78 is 25.5. The van der Waals surface area contributed by atoms with E-state index in [1.54, 1.807) is 12.1 Å². The van der Waals surface area contributed by atoms with Crippen molar-refractivity contribution >= 4 is 27.6 Å². The van der Waals surface area contributed by atoms with Crippen molar-refractivity contribution in [2.45, 2.75) is 24.7 Å². The van der Waals surface area contributed by atoms with Gasteiger partial charge in [-0.15, -0.1) is 0 Å². The summed E-state index contributed by atoms with van der Waals surface area (Å²) in [7, 11) is -0.818. The van der Waals surface area contributed by atoms with Crippen molar-refractivity contribution in [1.82, 2.24) is 4.31 Å². The lowest BCUT2D eigenvalue weighted by Crippen LogP contribution is -2.22. The summed E-state index contributed by atoms with van der Waals surface area (Å²) >= 11 is 0. The fourth-order valence-corrected chi connectivity index (χ4v) is 3.55. The summed E-state index contributed by atoms with van der Waals surface area (Å²) in [6.07, 6.45) is 2.75. The first kappa shape index (κ1) is 21.5. The molecule has 28 heavy (non-hydrogen) atoms. The number of allylic oxidation sites excluding steroid dienone is 1. The fourth-order valence-electron chi connectivity index (χ4n) is 2.60. The maximum Gasteiger partial charge on any atom is 0.273 e. The van der Waals surface area contributed by atoms with Crippen LogP contribution in [-0.2, 0) is 10.0 Å². The van der Waals surface area contributed by atoms with Crippen LogP contribution in [0.25, 0.3) is 6.08 Å². The third kappa shape index (κ3) is 4.71. The number of hydrogen-bond donors (Lipinski definition) is 0. The zero-order chi connectivity index (χ0) is 21.1. The van der Waals surface area contributed by atoms with Crippen LogP contribution in [0, 0.1) is 10.1 Å². The number of benzene rings is 2. The Morgan fingerprint density at radius 1 is 1.14 bits per heavy atom. The summed E-state index contributed by atoms with van der Waals surface area (Å²) in [5, 5.41) is 11.3. The second-order valence-corrected chi connectivity index (χ2v) is 8.89. The third-order valence-electron chi connectivity index (χ3n) is 4.20. The maximum atomic E-state index is 12.4. The number of nitrogens with zero attached hydrogens (tertiary/aromatic N) is 2. The van der Waals surface area contributed by atoms with Gasteiger partial charge in [-0.3, -0.25) is 14.9 Å². The highest BCUT2D eigenvalue weighted by molar-refractivity contribution is 7.89. The molecule has 7 nitrogen and oxygen atoms in total. The van der Waals surface area contributed by atoms with Crippen molar-refractivity contribution in [2.75, 3.05) is 14.1 Å². The van der Waals surface area contributed by atoms with Crippen LogP contribution >= 0.6 is 0 Å². The molecule has 0 saturated carbocycles. The van der Waals surface area contributed by atoms with Crippen LogP contribution in [0.2, 0.25) is 0 Å². The van der Waals surface area contributed by atoms with Crippen molar-refractivity contribution in [3.8, 4) is 0 Å². The van der Waals surface area contributed by atoms with E-state index in [1.807, 2.05) is 13.8 Å². The highest BCUT2D eigenvalue weighted by Crippen LogP contribution is 2.27. The minimum Gasteiger partial charge on any atom is -0.289 e. The molecule has 0 heterocycles. The number of ketones is 1. The SMILES string of the molecule is CC(C)c1ccc(/C=C/C(=O)c2cccc(S(=O)(=O)N(C)C)c2)cc1[N+](=O)[O-]. The lowest BCUT2D eigenvalue weighted by atomic mass is 9.99. The first-order chi connectivity index (χ1) is 13.0. The van der Waals surface area contributed by atoms with E-state index in [9.17, 15) is 23.3 Å². The van der Waals surface area contributed by atoms with Crippen LogP contribution in [0.5, 0.6) is 0 Å². The molecule has 0 amide bonds. The normalized spacial score (nSPS) is 12.1. The molecular weight excluding hydrogens is 380 g/mol. The average molecular weight is 402 g/mol. The van der Waals surface area contributed by atoms with Crippen molar-refractivity contribution in [2.24, 2.45) is 0 Å². The molecule has 0 aliphatic heterocycles. The fraction of sp³-hybridized carbons (Fsp3) is 0.250. The molecule has 2 rings (SSSR count). The number of rotatable bonds is 7. The molecule has 0 unspecified atom stereocenters. The monoisotopic (exact) mass is 402 g/mol. The zero-order valence-corrected chi connectivity index (χ0v) is 16.9. The number of sulfonamides is 1. The molecule has 8 heteroatoms. The number of hydrogen-bond acceptors (Lipinski definition) is 5. The number of nitro groups is 1. The van der Waals surface area contributed by atoms with Gasteiger partial charge in [-0.1, -0.05) is 44.2 Å². The van der Waals surface area contributed by atoms with E-state index in [1.165, 1.54) is 56.6 Å². The summed E-state index contributed by atoms with van der Waals surface area (Å²) in [4.78, 5) is 23.3. The molecule has 0 N–H and O–H groups in total. The van der Waals surface area contributed by atoms with Gasteiger partial charge in [0.2, 0.25) is 10.0 Å². The summed E-state index contributed by atoms with van der Waals surface area (Å²) in [6.45, 7) is 3.74. The maximum absolute atomic E-state index is 12.4. The Bertz CT molecular complexity index is 1040. The van der Waals surface area contributed by atoms with E-state index in [2.05, 4.69) is 0 Å². The Morgan fingerprint density at radius 3 is 2.39 bits per heavy atom. The second-order valence-electron chi connectivity index (χ2n) is 6.74. The van der Waals surface area contributed by atoms with Crippen LogP contribution in [0.15, 0.2) is 53.4 Å². The van der Waals surface area contributed by atoms with Gasteiger partial charge in [0.15, 0.2) is 5.78 Å². The van der Waals surface area contributed by atoms with Gasteiger partial charge in [0.25, 0.3) is 5.69 Å². The smallest absolute Gasteiger partial charge is 0.273 e. The van der Waals surface area contributed by atoms with Crippen LogP contribution < -0.4 is 0 Å². The van der Waals surface area contributed by atoms with Gasteiger partial charge in [0, 0.05) is 31.3 Å². The van der Waals surface area contributed by atoms with E-state index in [-0.39, 0.29) is 22.1 Å². The minimum absolute atomic E-state index is 0.00134. The molecule has 2 aromatic rings. The Labute approximate surface area is 164 Å². The Kier molecular flexibility index (Phi) is 6.48. The van der Waals surface area contributed by atoms with E-state index in [4.69, 9.17) is 0 Å². The molecule has 0 aliphatic carbocycles. The number of nitro benzene ring substituents is 1. The van der Waals surface area contributed by atoms with Gasteiger partial charge in [0.1, 0.15) is 0 Å². The van der Waals surface area contributed by atoms with E-state index < -0.39 is 20.7 Å². The number of carbonyl (C=O) groups is 1. The van der Waals surface area contributed by atoms with Crippen LogP contribution in [0.4, 0.5) is 5.69 Å². The molecular formula is C20H22N2O5S. The van der Waals surface area contributed by atoms with E-state index in [0.29, 0.717) is 11.1 Å². The molecule has 0 spiro atoms. The summed E-state index contributed by atoms with van der Waals surface area (Å²) in [5.74, 6) is -0.396. The standard InChI is InChI=1S/C20H22N2O5S/c1-14(2)18-10-8-15(12-19(18)22(24)25)9-11-20(23)16-6-5-7-17(13-16)28(26,27)21(3)4/h5-14H,1-4H3/b11-9+. The summed E-state index contributed by atoms with van der Waals surface area (Å²) in [6, 6.07) is 10.6. The Balaban J connectivity index is 2.32. The topological polar surface area (TPSA) is 97.6 Å². The zero-order valence-electron chi connectivity index (χ0n) is 16.1. The number of carbonyl (C=O) groups excluding carboxylic acids is 1. The highest BCUT2D eigenvalue weighted by atomic mass is 32.2. The molecule has 2 aromatic carbocycles. The van der Waals surface area contributed by atoms with E-state index >= 15 is 0 Å². The quantitative estimate of drug-likeness (QED) is 0.303. The lowest BCUT2D eigenvalue weighted by Gasteiger charge is -2.11. The Hall–Kier alpha value is -2.84. The predicted octanol–water partition coefficient (Wildman–Crippen LogP) is 3.86. The minimum atomic E-state index is -3.65. The van der Waals surface area contributed by atoms with Gasteiger partial charge in [-0.25, -0.2) is 12.7 Å². The summed E-state index contributed by atoms with van der Waals surface area (Å²) in [5.41, 5.74) is 1.35. The molecule has 0 aromatic heterocycles. The molecule has 0 fully saturated rings. The molecule has 148 valence electrons. The molecule has 0 saturated heterocycles. The lowest BCUT2D eigenvalue weighted by molar-refractivity contribution is -0.385.